The van der Waals surface area contributed by atoms with Crippen molar-refractivity contribution < 1.29 is 9.90 Å². The first-order chi connectivity index (χ1) is 8.11. The molecular weight excluding hydrogens is 212 g/mol. The van der Waals surface area contributed by atoms with Crippen LogP contribution in [0.4, 0.5) is 0 Å². The normalized spacial score (nSPS) is 46.5. The molecule has 2 heteroatoms. The van der Waals surface area contributed by atoms with Gasteiger partial charge < -0.3 is 5.11 Å². The maximum atomic E-state index is 10.9. The van der Waals surface area contributed by atoms with Crippen LogP contribution in [0.1, 0.15) is 39.0 Å². The summed E-state index contributed by atoms with van der Waals surface area (Å²) in [5, 5.41) is 10.9. The molecule has 0 aromatic carbocycles. The molecule has 0 saturated heterocycles. The van der Waals surface area contributed by atoms with Crippen LogP contribution in [0.25, 0.3) is 0 Å². The minimum atomic E-state index is -0.683. The fraction of sp³-hybridized carbons (Fsp3) is 0.733. The molecule has 0 spiro atoms. The van der Waals surface area contributed by atoms with Crippen LogP contribution in [0, 0.1) is 23.7 Å². The molecule has 0 aliphatic heterocycles. The van der Waals surface area contributed by atoms with Crippen molar-refractivity contribution in [2.24, 2.45) is 23.7 Å². The molecule has 0 atom stereocenters. The largest absolute Gasteiger partial charge is 0.385 e. The van der Waals surface area contributed by atoms with Gasteiger partial charge in [0, 0.05) is 5.57 Å². The van der Waals surface area contributed by atoms with Gasteiger partial charge in [0.05, 0.1) is 5.60 Å². The Morgan fingerprint density at radius 2 is 1.71 bits per heavy atom. The van der Waals surface area contributed by atoms with E-state index in [4.69, 9.17) is 0 Å². The average Bonchev–Trinajstić information content (AvgIpc) is 2.32. The van der Waals surface area contributed by atoms with Gasteiger partial charge in [-0.3, -0.25) is 4.79 Å². The van der Waals surface area contributed by atoms with Crippen LogP contribution in [0.5, 0.6) is 0 Å². The molecule has 0 amide bonds. The highest BCUT2D eigenvalue weighted by atomic mass is 16.3. The van der Waals surface area contributed by atoms with Crippen molar-refractivity contribution >= 4 is 6.29 Å². The molecule has 17 heavy (non-hydrogen) atoms. The van der Waals surface area contributed by atoms with E-state index in [1.165, 1.54) is 32.1 Å². The van der Waals surface area contributed by atoms with E-state index in [0.29, 0.717) is 17.4 Å². The molecule has 4 saturated carbocycles. The second kappa shape index (κ2) is 3.83. The van der Waals surface area contributed by atoms with Gasteiger partial charge >= 0.3 is 0 Å². The predicted octanol–water partition coefficient (Wildman–Crippen LogP) is 2.47. The van der Waals surface area contributed by atoms with E-state index >= 15 is 0 Å². The highest BCUT2D eigenvalue weighted by Crippen LogP contribution is 2.58. The first-order valence-electron chi connectivity index (χ1n) is 6.74. The third-order valence-electron chi connectivity index (χ3n) is 5.15. The lowest BCUT2D eigenvalue weighted by molar-refractivity contribution is -0.142. The first-order valence-corrected chi connectivity index (χ1v) is 6.74. The molecule has 0 heterocycles. The maximum Gasteiger partial charge on any atom is 0.153 e. The lowest BCUT2D eigenvalue weighted by Gasteiger charge is -2.57. The van der Waals surface area contributed by atoms with Gasteiger partial charge in [-0.25, -0.2) is 0 Å². The summed E-state index contributed by atoms with van der Waals surface area (Å²) in [6.45, 7) is 1.74. The first kappa shape index (κ1) is 11.3. The molecule has 0 radical (unpaired) electrons. The summed E-state index contributed by atoms with van der Waals surface area (Å²) in [6, 6.07) is 0. The Labute approximate surface area is 102 Å². The Kier molecular flexibility index (Phi) is 2.53. The van der Waals surface area contributed by atoms with E-state index in [1.807, 2.05) is 0 Å². The molecule has 4 rings (SSSR count). The lowest BCUT2D eigenvalue weighted by atomic mass is 9.50. The Morgan fingerprint density at radius 3 is 2.18 bits per heavy atom. The summed E-state index contributed by atoms with van der Waals surface area (Å²) < 4.78 is 0. The summed E-state index contributed by atoms with van der Waals surface area (Å²) >= 11 is 0. The molecular formula is C15H20O2. The average molecular weight is 232 g/mol. The quantitative estimate of drug-likeness (QED) is 0.451. The third-order valence-corrected chi connectivity index (χ3v) is 5.15. The Balaban J connectivity index is 1.92. The van der Waals surface area contributed by atoms with Crippen molar-refractivity contribution in [3.8, 4) is 0 Å². The number of carbonyl (C=O) groups excluding carboxylic acids is 1. The monoisotopic (exact) mass is 232 g/mol. The van der Waals surface area contributed by atoms with Crippen molar-refractivity contribution in [1.82, 2.24) is 0 Å². The van der Waals surface area contributed by atoms with Gasteiger partial charge in [0.2, 0.25) is 0 Å². The van der Waals surface area contributed by atoms with Gasteiger partial charge in [-0.2, -0.15) is 0 Å². The molecule has 4 aliphatic carbocycles. The molecule has 1 N–H and O–H groups in total. The molecule has 0 aromatic rings. The highest BCUT2D eigenvalue weighted by molar-refractivity contribution is 5.71. The van der Waals surface area contributed by atoms with Crippen LogP contribution in [-0.2, 0) is 4.79 Å². The second-order valence-corrected chi connectivity index (χ2v) is 6.28. The van der Waals surface area contributed by atoms with E-state index in [-0.39, 0.29) is 0 Å². The molecule has 4 fully saturated rings. The number of hydrogen-bond acceptors (Lipinski definition) is 2. The molecule has 2 nitrogen and oxygen atoms in total. The topological polar surface area (TPSA) is 37.3 Å². The van der Waals surface area contributed by atoms with Gasteiger partial charge in [-0.05, 0) is 68.8 Å². The van der Waals surface area contributed by atoms with E-state index in [9.17, 15) is 9.90 Å². The van der Waals surface area contributed by atoms with Crippen LogP contribution in [-0.4, -0.2) is 17.0 Å². The SMILES string of the molecule is CC(=C=CC1(O)C2CC3CC(C2)CC1C3)C=O. The standard InChI is InChI=1S/C15H20O2/c1-10(9-16)2-3-15(17)13-5-11-4-12(7-13)8-14(15)6-11/h3,9,11-14,17H,4-8H2,1H3. The van der Waals surface area contributed by atoms with Crippen LogP contribution in [0.15, 0.2) is 17.4 Å². The highest BCUT2D eigenvalue weighted by Gasteiger charge is 2.55. The van der Waals surface area contributed by atoms with Crippen LogP contribution in [0.3, 0.4) is 0 Å². The predicted molar refractivity (Wildman–Crippen MR) is 65.3 cm³/mol. The van der Waals surface area contributed by atoms with Gasteiger partial charge in [-0.1, -0.05) is 0 Å². The fourth-order valence-corrected chi connectivity index (χ4v) is 4.44. The van der Waals surface area contributed by atoms with E-state index in [0.717, 1.165) is 18.1 Å². The van der Waals surface area contributed by atoms with Crippen LogP contribution < -0.4 is 0 Å². The number of rotatable bonds is 2. The molecule has 4 aliphatic rings. The Bertz CT molecular complexity index is 373. The summed E-state index contributed by atoms with van der Waals surface area (Å²) in [5.74, 6) is 2.51. The zero-order chi connectivity index (χ0) is 12.0. The zero-order valence-electron chi connectivity index (χ0n) is 10.4. The molecule has 0 aromatic heterocycles. The van der Waals surface area contributed by atoms with Crippen molar-refractivity contribution in [1.29, 1.82) is 0 Å². The number of hydrogen-bond donors (Lipinski definition) is 1. The summed E-state index contributed by atoms with van der Waals surface area (Å²) in [7, 11) is 0. The van der Waals surface area contributed by atoms with E-state index in [1.54, 1.807) is 13.0 Å². The van der Waals surface area contributed by atoms with E-state index < -0.39 is 5.60 Å². The van der Waals surface area contributed by atoms with Gasteiger partial charge in [-0.15, -0.1) is 5.73 Å². The summed E-state index contributed by atoms with van der Waals surface area (Å²) in [5.41, 5.74) is 2.87. The minimum absolute atomic E-state index is 0.408. The van der Waals surface area contributed by atoms with Crippen LogP contribution in [0.2, 0.25) is 0 Å². The van der Waals surface area contributed by atoms with Crippen LogP contribution >= 0.6 is 0 Å². The lowest BCUT2D eigenvalue weighted by Crippen LogP contribution is -2.56. The van der Waals surface area contributed by atoms with Crippen molar-refractivity contribution in [3.05, 3.63) is 17.4 Å². The van der Waals surface area contributed by atoms with Crippen molar-refractivity contribution in [3.63, 3.8) is 0 Å². The Morgan fingerprint density at radius 1 is 1.18 bits per heavy atom. The number of carbonyl (C=O) groups is 1. The van der Waals surface area contributed by atoms with E-state index in [2.05, 4.69) is 5.73 Å². The molecule has 4 bridgehead atoms. The minimum Gasteiger partial charge on any atom is -0.385 e. The molecule has 92 valence electrons. The summed E-state index contributed by atoms with van der Waals surface area (Å²) in [6.07, 6.45) is 8.66. The second-order valence-electron chi connectivity index (χ2n) is 6.28. The van der Waals surface area contributed by atoms with Gasteiger partial charge in [0.15, 0.2) is 6.29 Å². The third kappa shape index (κ3) is 1.71. The summed E-state index contributed by atoms with van der Waals surface area (Å²) in [4.78, 5) is 10.6. The fourth-order valence-electron chi connectivity index (χ4n) is 4.44. The molecule has 0 unspecified atom stereocenters. The Hall–Kier alpha value is -0.850. The smallest absolute Gasteiger partial charge is 0.153 e. The number of aliphatic hydroxyl groups is 1. The maximum absolute atomic E-state index is 10.9. The number of aldehydes is 1. The van der Waals surface area contributed by atoms with Gasteiger partial charge in [0.1, 0.15) is 0 Å². The van der Waals surface area contributed by atoms with Gasteiger partial charge in [0.25, 0.3) is 0 Å². The van der Waals surface area contributed by atoms with Crippen molar-refractivity contribution in [2.75, 3.05) is 0 Å². The zero-order valence-corrected chi connectivity index (χ0v) is 10.4. The van der Waals surface area contributed by atoms with Crippen molar-refractivity contribution in [2.45, 2.75) is 44.6 Å².